The summed E-state index contributed by atoms with van der Waals surface area (Å²) in [6, 6.07) is 0. The number of aliphatic carboxylic acids is 1. The summed E-state index contributed by atoms with van der Waals surface area (Å²) in [4.78, 5) is 10.3. The molecule has 4 heteroatoms. The van der Waals surface area contributed by atoms with Crippen LogP contribution < -0.4 is 0 Å². The van der Waals surface area contributed by atoms with Crippen molar-refractivity contribution in [2.24, 2.45) is 0 Å². The van der Waals surface area contributed by atoms with Crippen LogP contribution in [0.1, 0.15) is 96.8 Å². The van der Waals surface area contributed by atoms with Gasteiger partial charge in [-0.3, -0.25) is 4.79 Å². The van der Waals surface area contributed by atoms with Gasteiger partial charge in [-0.2, -0.15) is 0 Å². The van der Waals surface area contributed by atoms with Crippen molar-refractivity contribution in [1.29, 1.82) is 0 Å². The van der Waals surface area contributed by atoms with Crippen molar-refractivity contribution >= 4 is 5.97 Å². The molecule has 0 atom stereocenters. The van der Waals surface area contributed by atoms with Gasteiger partial charge in [0.1, 0.15) is 0 Å². The van der Waals surface area contributed by atoms with Gasteiger partial charge in [0, 0.05) is 6.42 Å². The number of hydrogen-bond donors (Lipinski definition) is 3. The third kappa shape index (κ3) is 29.2. The van der Waals surface area contributed by atoms with Crippen molar-refractivity contribution in [1.82, 2.24) is 0 Å². The highest BCUT2D eigenvalue weighted by Gasteiger charge is 1.95. The first-order chi connectivity index (χ1) is 11.7. The maximum Gasteiger partial charge on any atom is 0.303 e. The first kappa shape index (κ1) is 25.4. The second-order valence-electron chi connectivity index (χ2n) is 6.18. The average molecular weight is 345 g/mol. The normalized spacial score (nSPS) is 10.6. The number of aliphatic hydroxyl groups excluding tert-OH is 2. The number of unbranched alkanes of at least 4 members (excludes halogenated alkanes) is 11. The second kappa shape index (κ2) is 24.4. The molecule has 0 heterocycles. The van der Waals surface area contributed by atoms with E-state index < -0.39 is 5.97 Å². The Labute approximate surface area is 149 Å². The van der Waals surface area contributed by atoms with Crippen LogP contribution in [0.5, 0.6) is 0 Å². The molecule has 0 fully saturated rings. The summed E-state index contributed by atoms with van der Waals surface area (Å²) in [7, 11) is 0. The van der Waals surface area contributed by atoms with Gasteiger partial charge in [-0.1, -0.05) is 70.4 Å². The van der Waals surface area contributed by atoms with Crippen LogP contribution in [0.25, 0.3) is 0 Å². The van der Waals surface area contributed by atoms with Crippen molar-refractivity contribution < 1.29 is 20.1 Å². The van der Waals surface area contributed by atoms with Gasteiger partial charge in [0.15, 0.2) is 0 Å². The number of carboxylic acids is 1. The number of rotatable bonds is 16. The summed E-state index contributed by atoms with van der Waals surface area (Å²) in [6.45, 7) is 2.01. The first-order valence-electron chi connectivity index (χ1n) is 9.77. The van der Waals surface area contributed by atoms with E-state index in [0.717, 1.165) is 12.8 Å². The molecule has 0 saturated carbocycles. The molecule has 0 radical (unpaired) electrons. The van der Waals surface area contributed by atoms with Crippen molar-refractivity contribution in [3.63, 3.8) is 0 Å². The zero-order chi connectivity index (χ0) is 18.3. The highest BCUT2D eigenvalue weighted by atomic mass is 16.4. The number of hydrogen-bond acceptors (Lipinski definition) is 3. The van der Waals surface area contributed by atoms with E-state index in [4.69, 9.17) is 15.3 Å². The largest absolute Gasteiger partial charge is 0.481 e. The van der Waals surface area contributed by atoms with Gasteiger partial charge in [-0.25, -0.2) is 0 Å². The number of allylic oxidation sites excluding steroid dienone is 2. The van der Waals surface area contributed by atoms with Crippen molar-refractivity contribution in [2.75, 3.05) is 13.2 Å². The molecule has 0 rings (SSSR count). The van der Waals surface area contributed by atoms with Crippen molar-refractivity contribution in [2.45, 2.75) is 96.8 Å². The third-order valence-corrected chi connectivity index (χ3v) is 3.75. The maximum atomic E-state index is 10.3. The Morgan fingerprint density at radius 3 is 1.54 bits per heavy atom. The smallest absolute Gasteiger partial charge is 0.303 e. The lowest BCUT2D eigenvalue weighted by molar-refractivity contribution is -0.137. The van der Waals surface area contributed by atoms with Gasteiger partial charge < -0.3 is 15.3 Å². The summed E-state index contributed by atoms with van der Waals surface area (Å²) >= 11 is 0. The van der Waals surface area contributed by atoms with Gasteiger partial charge >= 0.3 is 5.97 Å². The van der Waals surface area contributed by atoms with Gasteiger partial charge in [-0.15, -0.1) is 0 Å². The van der Waals surface area contributed by atoms with Crippen LogP contribution >= 0.6 is 0 Å². The monoisotopic (exact) mass is 344 g/mol. The Balaban J connectivity index is 0. The van der Waals surface area contributed by atoms with Gasteiger partial charge in [0.2, 0.25) is 0 Å². The van der Waals surface area contributed by atoms with Gasteiger partial charge in [0.05, 0.1) is 13.2 Å². The van der Waals surface area contributed by atoms with Crippen LogP contribution in [0.2, 0.25) is 0 Å². The molecule has 0 aliphatic heterocycles. The van der Waals surface area contributed by atoms with E-state index in [1.54, 1.807) is 0 Å². The molecular weight excluding hydrogens is 304 g/mol. The summed E-state index contributed by atoms with van der Waals surface area (Å²) in [5, 5.41) is 23.8. The molecule has 4 nitrogen and oxygen atoms in total. The molecule has 0 unspecified atom stereocenters. The van der Waals surface area contributed by atoms with Crippen LogP contribution in [0.15, 0.2) is 12.2 Å². The first-order valence-corrected chi connectivity index (χ1v) is 9.77. The van der Waals surface area contributed by atoms with Crippen LogP contribution in [0.3, 0.4) is 0 Å². The SMILES string of the molecule is CCCCCCCC/C=C\CCCCCCCC(=O)O.OCCO. The quantitative estimate of drug-likeness (QED) is 0.269. The maximum absolute atomic E-state index is 10.3. The summed E-state index contributed by atoms with van der Waals surface area (Å²) < 4.78 is 0. The fourth-order valence-corrected chi connectivity index (χ4v) is 2.35. The summed E-state index contributed by atoms with van der Waals surface area (Å²) in [5.41, 5.74) is 0. The van der Waals surface area contributed by atoms with E-state index in [9.17, 15) is 4.79 Å². The highest BCUT2D eigenvalue weighted by molar-refractivity contribution is 5.66. The lowest BCUT2D eigenvalue weighted by Gasteiger charge is -1.99. The summed E-state index contributed by atoms with van der Waals surface area (Å²) in [6.07, 6.45) is 21.2. The fourth-order valence-electron chi connectivity index (χ4n) is 2.35. The van der Waals surface area contributed by atoms with E-state index in [-0.39, 0.29) is 13.2 Å². The molecule has 0 aromatic heterocycles. The molecule has 0 aliphatic carbocycles. The Kier molecular flexibility index (Phi) is 25.8. The zero-order valence-electron chi connectivity index (χ0n) is 15.7. The minimum Gasteiger partial charge on any atom is -0.481 e. The highest BCUT2D eigenvalue weighted by Crippen LogP contribution is 2.09. The predicted molar refractivity (Wildman–Crippen MR) is 101 cm³/mol. The van der Waals surface area contributed by atoms with E-state index in [1.807, 2.05) is 0 Å². The van der Waals surface area contributed by atoms with Crippen LogP contribution in [0.4, 0.5) is 0 Å². The molecule has 0 aliphatic rings. The van der Waals surface area contributed by atoms with Crippen LogP contribution in [0, 0.1) is 0 Å². The number of aliphatic hydroxyl groups is 2. The minimum atomic E-state index is -0.664. The molecule has 0 bridgehead atoms. The zero-order valence-corrected chi connectivity index (χ0v) is 15.7. The molecule has 144 valence electrons. The van der Waals surface area contributed by atoms with Crippen LogP contribution in [-0.4, -0.2) is 34.5 Å². The molecule has 0 saturated heterocycles. The number of carboxylic acid groups (broad SMARTS) is 1. The Hall–Kier alpha value is -0.870. The molecule has 0 aromatic carbocycles. The third-order valence-electron chi connectivity index (χ3n) is 3.75. The van der Waals surface area contributed by atoms with E-state index >= 15 is 0 Å². The van der Waals surface area contributed by atoms with Crippen molar-refractivity contribution in [3.05, 3.63) is 12.2 Å². The standard InChI is InChI=1S/C18H34O2.C2H6O2/c1-2-3-4-5-6-7-8-9-10-11-12-13-14-15-16-17-18(19)20;3-1-2-4/h9-10H,2-8,11-17H2,1H3,(H,19,20);3-4H,1-2H2/b10-9-;. The summed E-state index contributed by atoms with van der Waals surface area (Å²) in [5.74, 6) is -0.664. The van der Waals surface area contributed by atoms with Crippen LogP contribution in [-0.2, 0) is 4.79 Å². The molecule has 0 aromatic rings. The number of carbonyl (C=O) groups is 1. The second-order valence-corrected chi connectivity index (χ2v) is 6.18. The minimum absolute atomic E-state index is 0.125. The average Bonchev–Trinajstić information content (AvgIpc) is 2.58. The van der Waals surface area contributed by atoms with Gasteiger partial charge in [-0.05, 0) is 32.1 Å². The lowest BCUT2D eigenvalue weighted by Crippen LogP contribution is -1.93. The Morgan fingerprint density at radius 1 is 0.708 bits per heavy atom. The molecular formula is C20H40O4. The Bertz CT molecular complexity index is 262. The Morgan fingerprint density at radius 2 is 1.12 bits per heavy atom. The van der Waals surface area contributed by atoms with E-state index in [1.165, 1.54) is 70.6 Å². The molecule has 24 heavy (non-hydrogen) atoms. The van der Waals surface area contributed by atoms with E-state index in [2.05, 4.69) is 19.1 Å². The van der Waals surface area contributed by atoms with E-state index in [0.29, 0.717) is 6.42 Å². The fraction of sp³-hybridized carbons (Fsp3) is 0.850. The predicted octanol–water partition coefficient (Wildman–Crippen LogP) is 5.08. The van der Waals surface area contributed by atoms with Crippen molar-refractivity contribution in [3.8, 4) is 0 Å². The lowest BCUT2D eigenvalue weighted by atomic mass is 10.1. The molecule has 0 spiro atoms. The molecule has 0 amide bonds. The van der Waals surface area contributed by atoms with Gasteiger partial charge in [0.25, 0.3) is 0 Å². The topological polar surface area (TPSA) is 77.8 Å². The molecule has 3 N–H and O–H groups in total.